The van der Waals surface area contributed by atoms with Crippen molar-refractivity contribution in [2.75, 3.05) is 32.1 Å². The molecular weight excluding hydrogens is 388 g/mol. The molecule has 1 atom stereocenters. The number of piperidine rings is 1. The van der Waals surface area contributed by atoms with E-state index in [0.717, 1.165) is 35.5 Å². The normalized spacial score (nSPS) is 16.1. The van der Waals surface area contributed by atoms with Gasteiger partial charge >= 0.3 is 0 Å². The van der Waals surface area contributed by atoms with Crippen LogP contribution in [-0.2, 0) is 0 Å². The minimum atomic E-state index is -0.103. The first kappa shape index (κ1) is 20.6. The average molecular weight is 415 g/mol. The summed E-state index contributed by atoms with van der Waals surface area (Å²) >= 11 is 0. The number of benzene rings is 2. The fraction of sp³-hybridized carbons (Fsp3) is 0.292. The molecule has 0 spiro atoms. The molecule has 1 aliphatic rings. The van der Waals surface area contributed by atoms with Gasteiger partial charge in [-0.15, -0.1) is 0 Å². The molecule has 1 aromatic heterocycles. The topological polar surface area (TPSA) is 91.2 Å². The fourth-order valence-electron chi connectivity index (χ4n) is 3.85. The molecule has 1 saturated heterocycles. The molecule has 4 rings (SSSR count). The van der Waals surface area contributed by atoms with Crippen LogP contribution in [0.1, 0.15) is 28.9 Å². The predicted octanol–water partition coefficient (Wildman–Crippen LogP) is 3.04. The Morgan fingerprint density at radius 2 is 1.87 bits per heavy atom. The highest BCUT2D eigenvalue weighted by molar-refractivity contribution is 5.93. The highest BCUT2D eigenvalue weighted by Crippen LogP contribution is 2.26. The molecule has 0 aliphatic carbocycles. The molecule has 31 heavy (non-hydrogen) atoms. The van der Waals surface area contributed by atoms with Gasteiger partial charge in [0.15, 0.2) is 5.69 Å². The van der Waals surface area contributed by atoms with Gasteiger partial charge in [0.25, 0.3) is 5.91 Å². The third-order valence-electron chi connectivity index (χ3n) is 5.59. The second-order valence-electron chi connectivity index (χ2n) is 8.08. The Morgan fingerprint density at radius 3 is 2.48 bits per heavy atom. The van der Waals surface area contributed by atoms with Crippen molar-refractivity contribution in [1.82, 2.24) is 14.7 Å². The Balaban J connectivity index is 1.76. The third kappa shape index (κ3) is 4.30. The van der Waals surface area contributed by atoms with Gasteiger partial charge in [0, 0.05) is 44.5 Å². The van der Waals surface area contributed by atoms with E-state index in [4.69, 9.17) is 11.0 Å². The fourth-order valence-corrected chi connectivity index (χ4v) is 3.85. The van der Waals surface area contributed by atoms with Gasteiger partial charge in [0.1, 0.15) is 0 Å². The van der Waals surface area contributed by atoms with Crippen molar-refractivity contribution in [3.8, 4) is 23.0 Å². The van der Waals surface area contributed by atoms with E-state index >= 15 is 0 Å². The monoisotopic (exact) mass is 414 g/mol. The molecule has 1 aliphatic heterocycles. The Morgan fingerprint density at radius 1 is 1.16 bits per heavy atom. The van der Waals surface area contributed by atoms with Crippen molar-refractivity contribution in [3.05, 3.63) is 65.9 Å². The van der Waals surface area contributed by atoms with Crippen LogP contribution in [0, 0.1) is 11.3 Å². The summed E-state index contributed by atoms with van der Waals surface area (Å²) in [7, 11) is 3.98. The van der Waals surface area contributed by atoms with Crippen LogP contribution in [0.3, 0.4) is 0 Å². The maximum Gasteiger partial charge on any atom is 0.274 e. The Kier molecular flexibility index (Phi) is 5.74. The maximum atomic E-state index is 13.2. The zero-order chi connectivity index (χ0) is 22.0. The number of rotatable bonds is 4. The number of nitrogens with two attached hydrogens (primary N) is 1. The molecule has 158 valence electrons. The van der Waals surface area contributed by atoms with E-state index in [1.54, 1.807) is 21.7 Å². The van der Waals surface area contributed by atoms with Crippen LogP contribution >= 0.6 is 0 Å². The number of amides is 1. The first-order valence-electron chi connectivity index (χ1n) is 10.4. The van der Waals surface area contributed by atoms with Gasteiger partial charge in [-0.3, -0.25) is 4.79 Å². The van der Waals surface area contributed by atoms with Crippen LogP contribution in [0.5, 0.6) is 0 Å². The van der Waals surface area contributed by atoms with Crippen molar-refractivity contribution in [1.29, 1.82) is 5.26 Å². The van der Waals surface area contributed by atoms with Crippen molar-refractivity contribution in [2.24, 2.45) is 5.73 Å². The van der Waals surface area contributed by atoms with Gasteiger partial charge in [-0.25, -0.2) is 4.68 Å². The number of likely N-dealkylation sites (tertiary alicyclic amines) is 1. The average Bonchev–Trinajstić information content (AvgIpc) is 3.24. The molecule has 1 amide bonds. The van der Waals surface area contributed by atoms with E-state index < -0.39 is 0 Å². The van der Waals surface area contributed by atoms with Gasteiger partial charge < -0.3 is 15.5 Å². The molecule has 0 saturated carbocycles. The molecule has 1 fully saturated rings. The van der Waals surface area contributed by atoms with Crippen molar-refractivity contribution in [2.45, 2.75) is 18.9 Å². The van der Waals surface area contributed by atoms with Crippen LogP contribution in [0.25, 0.3) is 16.9 Å². The highest BCUT2D eigenvalue weighted by atomic mass is 16.2. The van der Waals surface area contributed by atoms with Crippen LogP contribution < -0.4 is 10.6 Å². The van der Waals surface area contributed by atoms with E-state index in [2.05, 4.69) is 11.2 Å². The lowest BCUT2D eigenvalue weighted by Gasteiger charge is -2.30. The quantitative estimate of drug-likeness (QED) is 0.709. The van der Waals surface area contributed by atoms with Crippen LogP contribution in [0.15, 0.2) is 54.6 Å². The Bertz CT molecular complexity index is 1110. The first-order valence-corrected chi connectivity index (χ1v) is 10.4. The largest absolute Gasteiger partial charge is 0.378 e. The molecule has 0 bridgehead atoms. The highest BCUT2D eigenvalue weighted by Gasteiger charge is 2.25. The summed E-state index contributed by atoms with van der Waals surface area (Å²) in [5, 5.41) is 13.8. The molecule has 0 radical (unpaired) electrons. The minimum absolute atomic E-state index is 0.0105. The summed E-state index contributed by atoms with van der Waals surface area (Å²) in [6.07, 6.45) is 1.84. The first-order chi connectivity index (χ1) is 15.0. The van der Waals surface area contributed by atoms with Gasteiger partial charge in [-0.1, -0.05) is 12.1 Å². The van der Waals surface area contributed by atoms with E-state index in [1.807, 2.05) is 61.5 Å². The molecule has 2 N–H and O–H groups in total. The van der Waals surface area contributed by atoms with Crippen LogP contribution in [0.4, 0.5) is 5.69 Å². The Labute approximate surface area is 182 Å². The number of nitriles is 1. The smallest absolute Gasteiger partial charge is 0.274 e. The minimum Gasteiger partial charge on any atom is -0.378 e. The lowest BCUT2D eigenvalue weighted by atomic mass is 10.1. The van der Waals surface area contributed by atoms with Gasteiger partial charge in [0.05, 0.1) is 23.0 Å². The van der Waals surface area contributed by atoms with E-state index in [0.29, 0.717) is 24.3 Å². The maximum absolute atomic E-state index is 13.2. The predicted molar refractivity (Wildman–Crippen MR) is 121 cm³/mol. The lowest BCUT2D eigenvalue weighted by Crippen LogP contribution is -2.45. The number of carbonyl (C=O) groups excluding carboxylic acids is 1. The molecule has 7 heteroatoms. The number of aromatic nitrogens is 2. The standard InChI is InChI=1S/C24H26N6O/c1-28(2)20-9-11-21(12-10-20)30-23(18-7-5-17(15-25)6-8-18)14-22(27-30)24(31)29-13-3-4-19(26)16-29/h5-12,14,19H,3-4,13,16,26H2,1-2H3/t19-/m1/s1. The SMILES string of the molecule is CN(C)c1ccc(-n2nc(C(=O)N3CCC[C@@H](N)C3)cc2-c2ccc(C#N)cc2)cc1. The molecular formula is C24H26N6O. The van der Waals surface area contributed by atoms with E-state index in [1.165, 1.54) is 0 Å². The number of carbonyl (C=O) groups is 1. The van der Waals surface area contributed by atoms with Gasteiger partial charge in [0.2, 0.25) is 0 Å². The molecule has 7 nitrogen and oxygen atoms in total. The lowest BCUT2D eigenvalue weighted by molar-refractivity contribution is 0.0702. The van der Waals surface area contributed by atoms with Gasteiger partial charge in [-0.05, 0) is 55.3 Å². The third-order valence-corrected chi connectivity index (χ3v) is 5.59. The molecule has 0 unspecified atom stereocenters. The van der Waals surface area contributed by atoms with Crippen molar-refractivity contribution >= 4 is 11.6 Å². The number of nitrogens with zero attached hydrogens (tertiary/aromatic N) is 5. The van der Waals surface area contributed by atoms with Crippen molar-refractivity contribution in [3.63, 3.8) is 0 Å². The van der Waals surface area contributed by atoms with E-state index in [9.17, 15) is 4.79 Å². The van der Waals surface area contributed by atoms with E-state index in [-0.39, 0.29) is 11.9 Å². The van der Waals surface area contributed by atoms with Gasteiger partial charge in [-0.2, -0.15) is 10.4 Å². The summed E-state index contributed by atoms with van der Waals surface area (Å²) in [5.74, 6) is -0.103. The molecule has 3 aromatic rings. The number of hydrogen-bond acceptors (Lipinski definition) is 5. The summed E-state index contributed by atoms with van der Waals surface area (Å²) in [5.41, 5.74) is 10.7. The summed E-state index contributed by atoms with van der Waals surface area (Å²) in [4.78, 5) is 17.0. The molecule has 2 aromatic carbocycles. The molecule has 2 heterocycles. The zero-order valence-electron chi connectivity index (χ0n) is 17.8. The Hall–Kier alpha value is -3.63. The number of hydrogen-bond donors (Lipinski definition) is 1. The second-order valence-corrected chi connectivity index (χ2v) is 8.08. The summed E-state index contributed by atoms with van der Waals surface area (Å²) < 4.78 is 1.79. The van der Waals surface area contributed by atoms with Crippen LogP contribution in [0.2, 0.25) is 0 Å². The van der Waals surface area contributed by atoms with Crippen LogP contribution in [-0.4, -0.2) is 53.8 Å². The summed E-state index contributed by atoms with van der Waals surface area (Å²) in [6.45, 7) is 1.25. The zero-order valence-corrected chi connectivity index (χ0v) is 17.8. The second kappa shape index (κ2) is 8.62. The summed E-state index contributed by atoms with van der Waals surface area (Å²) in [6, 6.07) is 19.3. The number of anilines is 1. The van der Waals surface area contributed by atoms with Crippen molar-refractivity contribution < 1.29 is 4.79 Å².